The minimum absolute atomic E-state index is 0.204. The lowest BCUT2D eigenvalue weighted by atomic mass is 10.3. The Morgan fingerprint density at radius 1 is 1.29 bits per heavy atom. The number of ether oxygens (including phenoxy) is 3. The van der Waals surface area contributed by atoms with E-state index in [1.165, 1.54) is 3.57 Å². The molecule has 0 amide bonds. The van der Waals surface area contributed by atoms with Crippen molar-refractivity contribution in [2.24, 2.45) is 0 Å². The first kappa shape index (κ1) is 11.7. The van der Waals surface area contributed by atoms with Crippen molar-refractivity contribution in [2.45, 2.75) is 13.2 Å². The van der Waals surface area contributed by atoms with Crippen molar-refractivity contribution in [3.8, 4) is 5.75 Å². The van der Waals surface area contributed by atoms with Crippen LogP contribution in [0.3, 0.4) is 0 Å². The molecule has 1 unspecified atom stereocenters. The molecule has 1 atom stereocenters. The normalized spacial score (nSPS) is 12.5. The van der Waals surface area contributed by atoms with Gasteiger partial charge in [-0.3, -0.25) is 0 Å². The molecule has 0 aliphatic carbocycles. The number of rotatable bonds is 5. The predicted octanol–water partition coefficient (Wildman–Crippen LogP) is 2.64. The van der Waals surface area contributed by atoms with E-state index in [4.69, 9.17) is 14.2 Å². The summed E-state index contributed by atoms with van der Waals surface area (Å²) in [6.45, 7) is 2.02. The summed E-state index contributed by atoms with van der Waals surface area (Å²) in [4.78, 5) is 0. The lowest BCUT2D eigenvalue weighted by molar-refractivity contribution is -0.149. The monoisotopic (exact) mass is 308 g/mol. The van der Waals surface area contributed by atoms with E-state index in [-0.39, 0.29) is 13.1 Å². The highest BCUT2D eigenvalue weighted by Crippen LogP contribution is 2.13. The van der Waals surface area contributed by atoms with Gasteiger partial charge in [0.25, 0.3) is 0 Å². The highest BCUT2D eigenvalue weighted by atomic mass is 127. The largest absolute Gasteiger partial charge is 0.467 e. The van der Waals surface area contributed by atoms with E-state index in [0.29, 0.717) is 0 Å². The second kappa shape index (κ2) is 6.21. The van der Waals surface area contributed by atoms with Crippen molar-refractivity contribution in [2.75, 3.05) is 13.9 Å². The van der Waals surface area contributed by atoms with Crippen molar-refractivity contribution < 1.29 is 14.2 Å². The standard InChI is InChI=1S/C10H13IO3/c1-8(12-2)13-7-14-10-5-3-9(11)4-6-10/h3-6,8H,7H2,1-2H3. The van der Waals surface area contributed by atoms with Crippen LogP contribution in [0.4, 0.5) is 0 Å². The number of hydrogen-bond donors (Lipinski definition) is 0. The van der Waals surface area contributed by atoms with Crippen molar-refractivity contribution in [1.29, 1.82) is 0 Å². The molecule has 0 radical (unpaired) electrons. The Morgan fingerprint density at radius 2 is 1.93 bits per heavy atom. The zero-order valence-electron chi connectivity index (χ0n) is 8.20. The maximum atomic E-state index is 5.33. The highest BCUT2D eigenvalue weighted by molar-refractivity contribution is 14.1. The highest BCUT2D eigenvalue weighted by Gasteiger charge is 1.98. The van der Waals surface area contributed by atoms with Gasteiger partial charge in [-0.05, 0) is 53.8 Å². The molecule has 0 aliphatic heterocycles. The number of benzene rings is 1. The SMILES string of the molecule is COC(C)OCOc1ccc(I)cc1. The number of methoxy groups -OCH3 is 1. The van der Waals surface area contributed by atoms with E-state index in [1.807, 2.05) is 31.2 Å². The van der Waals surface area contributed by atoms with Gasteiger partial charge in [0.05, 0.1) is 0 Å². The summed E-state index contributed by atoms with van der Waals surface area (Å²) in [6.07, 6.45) is -0.237. The zero-order valence-corrected chi connectivity index (χ0v) is 10.4. The minimum Gasteiger partial charge on any atom is -0.467 e. The lowest BCUT2D eigenvalue weighted by Gasteiger charge is -2.11. The molecule has 1 rings (SSSR count). The Labute approximate surface area is 97.5 Å². The molecule has 1 aromatic rings. The summed E-state index contributed by atoms with van der Waals surface area (Å²) in [5, 5.41) is 0. The Bertz CT molecular complexity index is 261. The van der Waals surface area contributed by atoms with Gasteiger partial charge in [0.1, 0.15) is 5.75 Å². The van der Waals surface area contributed by atoms with Crippen molar-refractivity contribution >= 4 is 22.6 Å². The topological polar surface area (TPSA) is 27.7 Å². The summed E-state index contributed by atoms with van der Waals surface area (Å²) < 4.78 is 16.6. The minimum atomic E-state index is -0.237. The number of hydrogen-bond acceptors (Lipinski definition) is 3. The summed E-state index contributed by atoms with van der Waals surface area (Å²) in [6, 6.07) is 7.77. The van der Waals surface area contributed by atoms with E-state index in [2.05, 4.69) is 22.6 Å². The van der Waals surface area contributed by atoms with Gasteiger partial charge in [-0.15, -0.1) is 0 Å². The van der Waals surface area contributed by atoms with Crippen LogP contribution in [0.1, 0.15) is 6.92 Å². The molecule has 1 aromatic carbocycles. The van der Waals surface area contributed by atoms with Crippen LogP contribution >= 0.6 is 22.6 Å². The van der Waals surface area contributed by atoms with Crippen LogP contribution in [-0.4, -0.2) is 20.2 Å². The molecule has 0 saturated heterocycles. The molecule has 14 heavy (non-hydrogen) atoms. The molecule has 0 aromatic heterocycles. The Morgan fingerprint density at radius 3 is 2.50 bits per heavy atom. The summed E-state index contributed by atoms with van der Waals surface area (Å²) >= 11 is 2.24. The molecule has 3 nitrogen and oxygen atoms in total. The van der Waals surface area contributed by atoms with Crippen LogP contribution in [0.5, 0.6) is 5.75 Å². The first-order valence-electron chi connectivity index (χ1n) is 4.25. The fourth-order valence-electron chi connectivity index (χ4n) is 0.797. The second-order valence-electron chi connectivity index (χ2n) is 2.69. The summed E-state index contributed by atoms with van der Waals surface area (Å²) in [5.74, 6) is 0.800. The van der Waals surface area contributed by atoms with Gasteiger partial charge >= 0.3 is 0 Å². The molecule has 0 N–H and O–H groups in total. The Hall–Kier alpha value is -0.330. The maximum Gasteiger partial charge on any atom is 0.191 e. The van der Waals surface area contributed by atoms with Crippen LogP contribution in [0.2, 0.25) is 0 Å². The maximum absolute atomic E-state index is 5.33. The van der Waals surface area contributed by atoms with Gasteiger partial charge in [0.2, 0.25) is 0 Å². The third-order valence-corrected chi connectivity index (χ3v) is 2.39. The molecule has 0 saturated carbocycles. The fourth-order valence-corrected chi connectivity index (χ4v) is 1.16. The van der Waals surface area contributed by atoms with E-state index in [0.717, 1.165) is 5.75 Å². The molecule has 4 heteroatoms. The average Bonchev–Trinajstić information content (AvgIpc) is 2.21. The van der Waals surface area contributed by atoms with Crippen LogP contribution < -0.4 is 4.74 Å². The molecule has 0 fully saturated rings. The third kappa shape index (κ3) is 4.26. The van der Waals surface area contributed by atoms with Gasteiger partial charge in [-0.25, -0.2) is 0 Å². The summed E-state index contributed by atoms with van der Waals surface area (Å²) in [7, 11) is 1.59. The van der Waals surface area contributed by atoms with Gasteiger partial charge in [0, 0.05) is 10.7 Å². The fraction of sp³-hybridized carbons (Fsp3) is 0.400. The van der Waals surface area contributed by atoms with Crippen molar-refractivity contribution in [3.05, 3.63) is 27.8 Å². The van der Waals surface area contributed by atoms with E-state index >= 15 is 0 Å². The summed E-state index contributed by atoms with van der Waals surface area (Å²) in [5.41, 5.74) is 0. The lowest BCUT2D eigenvalue weighted by Crippen LogP contribution is -2.14. The Kier molecular flexibility index (Phi) is 5.21. The van der Waals surface area contributed by atoms with Gasteiger partial charge < -0.3 is 14.2 Å². The first-order chi connectivity index (χ1) is 6.72. The van der Waals surface area contributed by atoms with Gasteiger partial charge in [0.15, 0.2) is 13.1 Å². The van der Waals surface area contributed by atoms with Crippen LogP contribution in [0.15, 0.2) is 24.3 Å². The van der Waals surface area contributed by atoms with Gasteiger partial charge in [-0.1, -0.05) is 0 Å². The second-order valence-corrected chi connectivity index (χ2v) is 3.93. The average molecular weight is 308 g/mol. The third-order valence-electron chi connectivity index (χ3n) is 1.67. The van der Waals surface area contributed by atoms with Crippen LogP contribution in [0.25, 0.3) is 0 Å². The smallest absolute Gasteiger partial charge is 0.191 e. The molecular weight excluding hydrogens is 295 g/mol. The van der Waals surface area contributed by atoms with Crippen molar-refractivity contribution in [3.63, 3.8) is 0 Å². The molecular formula is C10H13IO3. The molecule has 78 valence electrons. The van der Waals surface area contributed by atoms with Crippen molar-refractivity contribution in [1.82, 2.24) is 0 Å². The van der Waals surface area contributed by atoms with E-state index in [1.54, 1.807) is 7.11 Å². The molecule has 0 heterocycles. The molecule has 0 spiro atoms. The van der Waals surface area contributed by atoms with Crippen LogP contribution in [-0.2, 0) is 9.47 Å². The van der Waals surface area contributed by atoms with Gasteiger partial charge in [-0.2, -0.15) is 0 Å². The molecule has 0 bridgehead atoms. The van der Waals surface area contributed by atoms with E-state index < -0.39 is 0 Å². The first-order valence-corrected chi connectivity index (χ1v) is 5.33. The predicted molar refractivity (Wildman–Crippen MR) is 62.2 cm³/mol. The number of halogens is 1. The van der Waals surface area contributed by atoms with E-state index in [9.17, 15) is 0 Å². The quantitative estimate of drug-likeness (QED) is 0.618. The zero-order chi connectivity index (χ0) is 10.4. The molecule has 0 aliphatic rings. The Balaban J connectivity index is 2.28. The van der Waals surface area contributed by atoms with Crippen LogP contribution in [0, 0.1) is 3.57 Å².